The molecule has 0 amide bonds. The number of rotatable bonds is 4. The summed E-state index contributed by atoms with van der Waals surface area (Å²) in [4.78, 5) is 5.06. The maximum atomic E-state index is 5.91. The van der Waals surface area contributed by atoms with Crippen LogP contribution in [0.3, 0.4) is 0 Å². The van der Waals surface area contributed by atoms with Gasteiger partial charge in [-0.05, 0) is 26.8 Å². The van der Waals surface area contributed by atoms with Crippen molar-refractivity contribution in [1.29, 1.82) is 0 Å². The summed E-state index contributed by atoms with van der Waals surface area (Å²) in [6.45, 7) is 11.1. The fourth-order valence-electron chi connectivity index (χ4n) is 2.37. The van der Waals surface area contributed by atoms with Crippen molar-refractivity contribution in [3.05, 3.63) is 0 Å². The molecule has 0 aliphatic carbocycles. The lowest BCUT2D eigenvalue weighted by Gasteiger charge is -2.47. The van der Waals surface area contributed by atoms with Crippen LogP contribution in [0.2, 0.25) is 0 Å². The van der Waals surface area contributed by atoms with Gasteiger partial charge in [0.15, 0.2) is 0 Å². The highest BCUT2D eigenvalue weighted by molar-refractivity contribution is 4.91. The van der Waals surface area contributed by atoms with Gasteiger partial charge in [-0.25, -0.2) is 0 Å². The Balaban J connectivity index is 2.64. The van der Waals surface area contributed by atoms with Gasteiger partial charge in [-0.3, -0.25) is 4.90 Å². The van der Waals surface area contributed by atoms with Crippen molar-refractivity contribution in [2.24, 2.45) is 5.73 Å². The van der Waals surface area contributed by atoms with E-state index in [1.54, 1.807) is 0 Å². The van der Waals surface area contributed by atoms with Crippen LogP contribution < -0.4 is 5.73 Å². The quantitative estimate of drug-likeness (QED) is 0.760. The molecule has 0 spiro atoms. The molecule has 0 radical (unpaired) electrons. The first kappa shape index (κ1) is 12.9. The van der Waals surface area contributed by atoms with Crippen LogP contribution in [0.1, 0.15) is 33.6 Å². The molecule has 0 aromatic heterocycles. The molecule has 1 fully saturated rings. The number of nitrogens with zero attached hydrogens (tertiary/aromatic N) is 2. The van der Waals surface area contributed by atoms with Gasteiger partial charge in [-0.1, -0.05) is 13.8 Å². The van der Waals surface area contributed by atoms with E-state index in [0.29, 0.717) is 6.04 Å². The molecule has 1 aliphatic rings. The summed E-state index contributed by atoms with van der Waals surface area (Å²) in [6, 6.07) is 0.705. The first-order valence-electron chi connectivity index (χ1n) is 6.22. The van der Waals surface area contributed by atoms with Crippen LogP contribution in [0.15, 0.2) is 0 Å². The van der Waals surface area contributed by atoms with Crippen molar-refractivity contribution in [1.82, 2.24) is 9.80 Å². The van der Waals surface area contributed by atoms with E-state index in [9.17, 15) is 0 Å². The van der Waals surface area contributed by atoms with Crippen molar-refractivity contribution < 1.29 is 0 Å². The third kappa shape index (κ3) is 2.71. The minimum Gasteiger partial charge on any atom is -0.329 e. The minimum atomic E-state index is 0.203. The molecule has 1 saturated heterocycles. The zero-order chi connectivity index (χ0) is 11.5. The van der Waals surface area contributed by atoms with Gasteiger partial charge in [0.2, 0.25) is 0 Å². The molecule has 1 heterocycles. The standard InChI is InChI=1S/C12H27N3/c1-5-11-9-15(8-7-14(11)4)12(3,6-2)10-13/h11H,5-10,13H2,1-4H3. The lowest BCUT2D eigenvalue weighted by molar-refractivity contribution is 0.0188. The molecule has 2 atom stereocenters. The second-order valence-corrected chi connectivity index (χ2v) is 5.04. The zero-order valence-corrected chi connectivity index (χ0v) is 10.8. The van der Waals surface area contributed by atoms with Crippen molar-refractivity contribution in [3.8, 4) is 0 Å². The predicted molar refractivity (Wildman–Crippen MR) is 66.0 cm³/mol. The largest absolute Gasteiger partial charge is 0.329 e. The Morgan fingerprint density at radius 2 is 2.00 bits per heavy atom. The topological polar surface area (TPSA) is 32.5 Å². The van der Waals surface area contributed by atoms with Gasteiger partial charge in [0, 0.05) is 37.8 Å². The summed E-state index contributed by atoms with van der Waals surface area (Å²) in [7, 11) is 2.23. The van der Waals surface area contributed by atoms with Crippen molar-refractivity contribution in [3.63, 3.8) is 0 Å². The van der Waals surface area contributed by atoms with Crippen LogP contribution in [0.4, 0.5) is 0 Å². The Morgan fingerprint density at radius 1 is 1.33 bits per heavy atom. The van der Waals surface area contributed by atoms with Crippen molar-refractivity contribution in [2.75, 3.05) is 33.2 Å². The predicted octanol–water partition coefficient (Wildman–Crippen LogP) is 1.14. The smallest absolute Gasteiger partial charge is 0.0302 e. The Morgan fingerprint density at radius 3 is 2.47 bits per heavy atom. The number of hydrogen-bond acceptors (Lipinski definition) is 3. The Kier molecular flexibility index (Phi) is 4.56. The molecule has 3 heteroatoms. The van der Waals surface area contributed by atoms with E-state index in [4.69, 9.17) is 5.73 Å². The van der Waals surface area contributed by atoms with Gasteiger partial charge in [-0.15, -0.1) is 0 Å². The average Bonchev–Trinajstić information content (AvgIpc) is 2.28. The number of piperazine rings is 1. The van der Waals surface area contributed by atoms with Gasteiger partial charge in [0.05, 0.1) is 0 Å². The molecule has 90 valence electrons. The number of hydrogen-bond donors (Lipinski definition) is 1. The number of likely N-dealkylation sites (N-methyl/N-ethyl adjacent to an activating group) is 1. The fourth-order valence-corrected chi connectivity index (χ4v) is 2.37. The highest BCUT2D eigenvalue weighted by atomic mass is 15.3. The van der Waals surface area contributed by atoms with Crippen LogP contribution in [0, 0.1) is 0 Å². The monoisotopic (exact) mass is 213 g/mol. The minimum absolute atomic E-state index is 0.203. The van der Waals surface area contributed by atoms with E-state index in [1.165, 1.54) is 19.5 Å². The summed E-state index contributed by atoms with van der Waals surface area (Å²) in [6.07, 6.45) is 2.38. The summed E-state index contributed by atoms with van der Waals surface area (Å²) in [5, 5.41) is 0. The van der Waals surface area contributed by atoms with Crippen molar-refractivity contribution >= 4 is 0 Å². The second-order valence-electron chi connectivity index (χ2n) is 5.04. The maximum absolute atomic E-state index is 5.91. The van der Waals surface area contributed by atoms with E-state index in [2.05, 4.69) is 37.6 Å². The molecule has 0 saturated carbocycles. The molecule has 2 N–H and O–H groups in total. The first-order chi connectivity index (χ1) is 7.07. The normalized spacial score (nSPS) is 29.0. The van der Waals surface area contributed by atoms with E-state index < -0.39 is 0 Å². The highest BCUT2D eigenvalue weighted by Gasteiger charge is 2.33. The van der Waals surface area contributed by atoms with Crippen LogP contribution in [0.25, 0.3) is 0 Å². The first-order valence-corrected chi connectivity index (χ1v) is 6.22. The van der Waals surface area contributed by atoms with Gasteiger partial charge < -0.3 is 10.6 Å². The van der Waals surface area contributed by atoms with Crippen LogP contribution in [-0.4, -0.2) is 54.6 Å². The van der Waals surface area contributed by atoms with E-state index in [1.807, 2.05) is 0 Å². The SMILES string of the molecule is CCC1CN(C(C)(CC)CN)CCN1C. The summed E-state index contributed by atoms with van der Waals surface area (Å²) in [5.74, 6) is 0. The average molecular weight is 213 g/mol. The molecule has 3 nitrogen and oxygen atoms in total. The Hall–Kier alpha value is -0.120. The molecule has 1 aliphatic heterocycles. The highest BCUT2D eigenvalue weighted by Crippen LogP contribution is 2.22. The van der Waals surface area contributed by atoms with Crippen LogP contribution in [-0.2, 0) is 0 Å². The van der Waals surface area contributed by atoms with Crippen molar-refractivity contribution in [2.45, 2.75) is 45.2 Å². The van der Waals surface area contributed by atoms with Gasteiger partial charge in [-0.2, -0.15) is 0 Å². The van der Waals surface area contributed by atoms with E-state index in [0.717, 1.165) is 19.5 Å². The van der Waals surface area contributed by atoms with Crippen LogP contribution in [0.5, 0.6) is 0 Å². The molecular formula is C12H27N3. The lowest BCUT2D eigenvalue weighted by Crippen LogP contribution is -2.61. The van der Waals surface area contributed by atoms with E-state index in [-0.39, 0.29) is 5.54 Å². The molecule has 0 aromatic carbocycles. The van der Waals surface area contributed by atoms with Crippen LogP contribution >= 0.6 is 0 Å². The molecule has 2 unspecified atom stereocenters. The fraction of sp³-hybridized carbons (Fsp3) is 1.00. The summed E-state index contributed by atoms with van der Waals surface area (Å²) >= 11 is 0. The van der Waals surface area contributed by atoms with Gasteiger partial charge in [0.25, 0.3) is 0 Å². The molecule has 15 heavy (non-hydrogen) atoms. The summed E-state index contributed by atoms with van der Waals surface area (Å²) < 4.78 is 0. The Labute approximate surface area is 94.6 Å². The van der Waals surface area contributed by atoms with Gasteiger partial charge in [0.1, 0.15) is 0 Å². The Bertz CT molecular complexity index is 189. The van der Waals surface area contributed by atoms with E-state index >= 15 is 0 Å². The second kappa shape index (κ2) is 5.28. The third-order valence-corrected chi connectivity index (χ3v) is 4.21. The molecule has 0 bridgehead atoms. The maximum Gasteiger partial charge on any atom is 0.0302 e. The third-order valence-electron chi connectivity index (χ3n) is 4.21. The zero-order valence-electron chi connectivity index (χ0n) is 10.8. The molecular weight excluding hydrogens is 186 g/mol. The summed E-state index contributed by atoms with van der Waals surface area (Å²) in [5.41, 5.74) is 6.12. The number of nitrogens with two attached hydrogens (primary N) is 1. The lowest BCUT2D eigenvalue weighted by atomic mass is 9.94. The molecule has 0 aromatic rings. The van der Waals surface area contributed by atoms with Gasteiger partial charge >= 0.3 is 0 Å². The molecule has 1 rings (SSSR count).